The first-order valence-electron chi connectivity index (χ1n) is 8.69. The molecule has 30 heavy (non-hydrogen) atoms. The lowest BCUT2D eigenvalue weighted by molar-refractivity contribution is -0.239. The molecular weight excluding hydrogens is 414 g/mol. The minimum atomic E-state index is -5.61. The van der Waals surface area contributed by atoms with Gasteiger partial charge in [0.15, 0.2) is 0 Å². The third kappa shape index (κ3) is 5.11. The molecule has 1 unspecified atom stereocenters. The van der Waals surface area contributed by atoms with E-state index in [1.54, 1.807) is 18.2 Å². The van der Waals surface area contributed by atoms with Gasteiger partial charge in [0.25, 0.3) is 5.91 Å². The van der Waals surface area contributed by atoms with E-state index in [4.69, 9.17) is 0 Å². The number of hydrogen-bond acceptors (Lipinski definition) is 2. The summed E-state index contributed by atoms with van der Waals surface area (Å²) in [5.74, 6) is -4.53. The molecular formula is C20H18F6N2O2. The molecule has 0 aliphatic carbocycles. The van der Waals surface area contributed by atoms with Crippen molar-refractivity contribution in [3.63, 3.8) is 0 Å². The Bertz CT molecular complexity index is 868. The van der Waals surface area contributed by atoms with Crippen LogP contribution < -0.4 is 5.32 Å². The molecule has 0 aromatic heterocycles. The van der Waals surface area contributed by atoms with Crippen molar-refractivity contribution in [2.75, 3.05) is 0 Å². The largest absolute Gasteiger partial charge is 0.471 e. The van der Waals surface area contributed by atoms with Crippen LogP contribution in [0, 0.1) is 0 Å². The van der Waals surface area contributed by atoms with Crippen LogP contribution in [-0.4, -0.2) is 34.6 Å². The zero-order valence-electron chi connectivity index (χ0n) is 15.7. The second-order valence-corrected chi connectivity index (χ2v) is 6.61. The summed E-state index contributed by atoms with van der Waals surface area (Å²) in [6, 6.07) is 14.7. The molecule has 0 fully saturated rings. The molecule has 10 heteroatoms. The predicted octanol–water partition coefficient (Wildman–Crippen LogP) is 4.21. The van der Waals surface area contributed by atoms with E-state index in [2.05, 4.69) is 0 Å². The Labute approximate surface area is 168 Å². The molecule has 0 saturated heterocycles. The van der Waals surface area contributed by atoms with Gasteiger partial charge in [-0.2, -0.15) is 26.3 Å². The van der Waals surface area contributed by atoms with Crippen LogP contribution in [0.2, 0.25) is 0 Å². The molecule has 0 aliphatic rings. The Balaban J connectivity index is 2.45. The van der Waals surface area contributed by atoms with Gasteiger partial charge in [-0.3, -0.25) is 9.59 Å². The first-order valence-corrected chi connectivity index (χ1v) is 8.69. The summed E-state index contributed by atoms with van der Waals surface area (Å²) in [6.07, 6.45) is -11.1. The van der Waals surface area contributed by atoms with Crippen molar-refractivity contribution < 1.29 is 35.9 Å². The average Bonchev–Trinajstić information content (AvgIpc) is 2.69. The zero-order chi connectivity index (χ0) is 22.6. The van der Waals surface area contributed by atoms with E-state index in [9.17, 15) is 35.9 Å². The van der Waals surface area contributed by atoms with Gasteiger partial charge in [-0.25, -0.2) is 0 Å². The van der Waals surface area contributed by atoms with Crippen LogP contribution in [-0.2, 0) is 22.7 Å². The lowest BCUT2D eigenvalue weighted by Crippen LogP contribution is -2.67. The number of amides is 2. The number of nitrogens with one attached hydrogen (secondary N) is 1. The van der Waals surface area contributed by atoms with E-state index in [0.717, 1.165) is 0 Å². The van der Waals surface area contributed by atoms with Gasteiger partial charge < -0.3 is 10.2 Å². The molecule has 2 rings (SSSR count). The lowest BCUT2D eigenvalue weighted by atomic mass is 9.95. The highest BCUT2D eigenvalue weighted by atomic mass is 19.4. The Morgan fingerprint density at radius 3 is 1.73 bits per heavy atom. The van der Waals surface area contributed by atoms with Crippen molar-refractivity contribution in [3.05, 3.63) is 71.8 Å². The molecule has 2 aromatic rings. The Kier molecular flexibility index (Phi) is 6.79. The van der Waals surface area contributed by atoms with Crippen molar-refractivity contribution in [3.8, 4) is 0 Å². The third-order valence-electron chi connectivity index (χ3n) is 4.50. The second kappa shape index (κ2) is 8.76. The van der Waals surface area contributed by atoms with Crippen LogP contribution in [0.25, 0.3) is 0 Å². The normalized spacial score (nSPS) is 14.0. The van der Waals surface area contributed by atoms with E-state index < -0.39 is 41.2 Å². The number of rotatable bonds is 6. The third-order valence-corrected chi connectivity index (χ3v) is 4.50. The van der Waals surface area contributed by atoms with Gasteiger partial charge in [0, 0.05) is 13.1 Å². The lowest BCUT2D eigenvalue weighted by Gasteiger charge is -2.41. The summed E-state index contributed by atoms with van der Waals surface area (Å²) in [7, 11) is 0. The molecule has 0 bridgehead atoms. The minimum absolute atomic E-state index is 0.00133. The highest BCUT2D eigenvalue weighted by Gasteiger charge is 2.64. The van der Waals surface area contributed by atoms with Gasteiger partial charge in [0.05, 0.1) is 0 Å². The number of nitrogens with zero attached hydrogens (tertiary/aromatic N) is 1. The number of halogens is 6. The first kappa shape index (κ1) is 23.2. The summed E-state index contributed by atoms with van der Waals surface area (Å²) in [5.41, 5.74) is -3.32. The van der Waals surface area contributed by atoms with Gasteiger partial charge in [-0.15, -0.1) is 0 Å². The summed E-state index contributed by atoms with van der Waals surface area (Å²) in [6.45, 7) is -1.15. The molecule has 2 aromatic carbocycles. The van der Waals surface area contributed by atoms with Crippen LogP contribution in [0.5, 0.6) is 0 Å². The smallest absolute Gasteiger partial charge is 0.350 e. The molecule has 0 aliphatic heterocycles. The van der Waals surface area contributed by atoms with Gasteiger partial charge in [-0.1, -0.05) is 60.7 Å². The van der Waals surface area contributed by atoms with Crippen LogP contribution >= 0.6 is 0 Å². The van der Waals surface area contributed by atoms with E-state index >= 15 is 0 Å². The monoisotopic (exact) mass is 432 g/mol. The Morgan fingerprint density at radius 1 is 0.833 bits per heavy atom. The molecule has 1 N–H and O–H groups in total. The van der Waals surface area contributed by atoms with Gasteiger partial charge >= 0.3 is 18.3 Å². The Morgan fingerprint density at radius 2 is 1.30 bits per heavy atom. The van der Waals surface area contributed by atoms with Gasteiger partial charge in [0.1, 0.15) is 0 Å². The van der Waals surface area contributed by atoms with Crippen molar-refractivity contribution >= 4 is 11.8 Å². The topological polar surface area (TPSA) is 49.4 Å². The maximum Gasteiger partial charge on any atom is 0.471 e. The fraction of sp³-hybridized carbons (Fsp3) is 0.300. The number of carbonyl (C=O) groups excluding carboxylic acids is 2. The van der Waals surface area contributed by atoms with Crippen LogP contribution in [0.15, 0.2) is 60.7 Å². The van der Waals surface area contributed by atoms with Crippen LogP contribution in [0.4, 0.5) is 26.3 Å². The van der Waals surface area contributed by atoms with Gasteiger partial charge in [0.2, 0.25) is 5.54 Å². The van der Waals surface area contributed by atoms with Gasteiger partial charge in [-0.05, 0) is 18.1 Å². The number of alkyl halides is 6. The highest BCUT2D eigenvalue weighted by Crippen LogP contribution is 2.39. The van der Waals surface area contributed by atoms with E-state index in [1.165, 1.54) is 42.5 Å². The number of benzene rings is 2. The molecule has 1 atom stereocenters. The number of carbonyl (C=O) groups is 2. The molecule has 0 saturated carbocycles. The molecule has 162 valence electrons. The van der Waals surface area contributed by atoms with Crippen molar-refractivity contribution in [1.82, 2.24) is 10.2 Å². The van der Waals surface area contributed by atoms with Crippen LogP contribution in [0.1, 0.15) is 18.1 Å². The maximum absolute atomic E-state index is 14.0. The van der Waals surface area contributed by atoms with Crippen molar-refractivity contribution in [2.24, 2.45) is 0 Å². The molecule has 2 amide bonds. The summed E-state index contributed by atoms with van der Waals surface area (Å²) < 4.78 is 81.3. The SMILES string of the molecule is CC(C(=O)NCc1ccccc1)(N(Cc1ccccc1)C(=O)C(F)(F)F)C(F)(F)F. The minimum Gasteiger partial charge on any atom is -0.350 e. The van der Waals surface area contributed by atoms with E-state index in [0.29, 0.717) is 5.56 Å². The fourth-order valence-electron chi connectivity index (χ4n) is 2.71. The first-order chi connectivity index (χ1) is 13.9. The fourth-order valence-corrected chi connectivity index (χ4v) is 2.71. The summed E-state index contributed by atoms with van der Waals surface area (Å²) in [5, 5.41) is 2.00. The Hall–Kier alpha value is -3.04. The molecule has 0 spiro atoms. The molecule has 0 radical (unpaired) electrons. The zero-order valence-corrected chi connectivity index (χ0v) is 15.7. The predicted molar refractivity (Wildman–Crippen MR) is 95.8 cm³/mol. The summed E-state index contributed by atoms with van der Waals surface area (Å²) in [4.78, 5) is 24.0. The molecule has 4 nitrogen and oxygen atoms in total. The standard InChI is InChI=1S/C20H18F6N2O2/c1-18(20(24,25)26,16(29)27-12-14-8-4-2-5-9-14)28(17(30)19(21,22)23)13-15-10-6-3-7-11-15/h2-11H,12-13H2,1H3,(H,27,29). The average molecular weight is 432 g/mol. The quantitative estimate of drug-likeness (QED) is 0.696. The van der Waals surface area contributed by atoms with E-state index in [-0.39, 0.29) is 19.0 Å². The highest BCUT2D eigenvalue weighted by molar-refractivity contribution is 5.93. The van der Waals surface area contributed by atoms with Crippen molar-refractivity contribution in [2.45, 2.75) is 37.9 Å². The summed E-state index contributed by atoms with van der Waals surface area (Å²) >= 11 is 0. The number of hydrogen-bond donors (Lipinski definition) is 1. The molecule has 0 heterocycles. The second-order valence-electron chi connectivity index (χ2n) is 6.61. The maximum atomic E-state index is 14.0. The van der Waals surface area contributed by atoms with E-state index in [1.807, 2.05) is 5.32 Å². The van der Waals surface area contributed by atoms with Crippen molar-refractivity contribution in [1.29, 1.82) is 0 Å². The van der Waals surface area contributed by atoms with Crippen LogP contribution in [0.3, 0.4) is 0 Å².